The van der Waals surface area contributed by atoms with E-state index in [2.05, 4.69) is 10.3 Å². The van der Waals surface area contributed by atoms with Crippen molar-refractivity contribution in [1.82, 2.24) is 14.9 Å². The molecule has 0 fully saturated rings. The number of benzene rings is 1. The molecule has 0 spiro atoms. The summed E-state index contributed by atoms with van der Waals surface area (Å²) in [5.74, 6) is 2.23. The van der Waals surface area contributed by atoms with Crippen LogP contribution < -0.4 is 10.1 Å². The Kier molecular flexibility index (Phi) is 5.18. The number of imidazole rings is 1. The summed E-state index contributed by atoms with van der Waals surface area (Å²) in [4.78, 5) is 16.9. The topological polar surface area (TPSA) is 69.3 Å². The third kappa shape index (κ3) is 4.09. The number of carbonyl (C=O) groups excluding carboxylic acids is 1. The Hall–Kier alpha value is -3.02. The highest BCUT2D eigenvalue weighted by molar-refractivity contribution is 5.77. The Morgan fingerprint density at radius 3 is 2.92 bits per heavy atom. The number of rotatable bonds is 7. The van der Waals surface area contributed by atoms with Crippen LogP contribution in [0.25, 0.3) is 0 Å². The van der Waals surface area contributed by atoms with E-state index < -0.39 is 0 Å². The maximum absolute atomic E-state index is 12.5. The molecule has 6 heteroatoms. The van der Waals surface area contributed by atoms with Gasteiger partial charge in [-0.15, -0.1) is 0 Å². The molecule has 3 aromatic rings. The molecule has 6 nitrogen and oxygen atoms in total. The molecular formula is C19H21N3O3. The van der Waals surface area contributed by atoms with Crippen LogP contribution in [0.1, 0.15) is 29.6 Å². The number of aryl methyl sites for hydroxylation is 2. The van der Waals surface area contributed by atoms with E-state index in [0.29, 0.717) is 12.8 Å². The molecule has 2 aromatic heterocycles. The molecule has 25 heavy (non-hydrogen) atoms. The largest absolute Gasteiger partial charge is 0.497 e. The molecule has 0 saturated heterocycles. The lowest BCUT2D eigenvalue weighted by Crippen LogP contribution is -2.31. The quantitative estimate of drug-likeness (QED) is 0.719. The van der Waals surface area contributed by atoms with E-state index in [0.717, 1.165) is 22.9 Å². The van der Waals surface area contributed by atoms with Gasteiger partial charge in [-0.1, -0.05) is 12.1 Å². The fraction of sp³-hybridized carbons (Fsp3) is 0.263. The van der Waals surface area contributed by atoms with Gasteiger partial charge >= 0.3 is 0 Å². The van der Waals surface area contributed by atoms with Crippen LogP contribution in [0.5, 0.6) is 5.75 Å². The Morgan fingerprint density at radius 1 is 1.36 bits per heavy atom. The first-order chi connectivity index (χ1) is 12.2. The highest BCUT2D eigenvalue weighted by Gasteiger charge is 2.21. The number of furan rings is 1. The molecule has 3 rings (SSSR count). The molecule has 2 heterocycles. The predicted molar refractivity (Wildman–Crippen MR) is 93.2 cm³/mol. The SMILES string of the molecule is COc1cccc(C(NC(=O)CCc2ccco2)c2nccn2C)c1. The fourth-order valence-corrected chi connectivity index (χ4v) is 2.70. The summed E-state index contributed by atoms with van der Waals surface area (Å²) in [6.45, 7) is 0. The molecule has 0 radical (unpaired) electrons. The van der Waals surface area contributed by atoms with E-state index in [4.69, 9.17) is 9.15 Å². The molecule has 0 aliphatic heterocycles. The van der Waals surface area contributed by atoms with Crippen LogP contribution >= 0.6 is 0 Å². The van der Waals surface area contributed by atoms with Gasteiger partial charge in [-0.05, 0) is 29.8 Å². The van der Waals surface area contributed by atoms with Gasteiger partial charge in [0.1, 0.15) is 23.4 Å². The van der Waals surface area contributed by atoms with Gasteiger partial charge in [-0.3, -0.25) is 4.79 Å². The van der Waals surface area contributed by atoms with Gasteiger partial charge in [0.25, 0.3) is 0 Å². The van der Waals surface area contributed by atoms with E-state index in [9.17, 15) is 4.79 Å². The maximum atomic E-state index is 12.5. The average Bonchev–Trinajstić information content (AvgIpc) is 3.29. The molecule has 1 N–H and O–H groups in total. The fourth-order valence-electron chi connectivity index (χ4n) is 2.70. The molecule has 0 aliphatic carbocycles. The molecule has 0 bridgehead atoms. The molecule has 1 amide bonds. The predicted octanol–water partition coefficient (Wildman–Crippen LogP) is 2.86. The Bertz CT molecular complexity index is 824. The van der Waals surface area contributed by atoms with Crippen molar-refractivity contribution in [3.8, 4) is 5.75 Å². The van der Waals surface area contributed by atoms with Gasteiger partial charge in [0.15, 0.2) is 0 Å². The minimum atomic E-state index is -0.348. The summed E-state index contributed by atoms with van der Waals surface area (Å²) in [5, 5.41) is 3.07. The lowest BCUT2D eigenvalue weighted by Gasteiger charge is -2.19. The molecule has 130 valence electrons. The minimum Gasteiger partial charge on any atom is -0.497 e. The Balaban J connectivity index is 1.79. The summed E-state index contributed by atoms with van der Waals surface area (Å²) >= 11 is 0. The van der Waals surface area contributed by atoms with Crippen LogP contribution in [0.3, 0.4) is 0 Å². The van der Waals surface area contributed by atoms with Crippen molar-refractivity contribution in [1.29, 1.82) is 0 Å². The monoisotopic (exact) mass is 339 g/mol. The van der Waals surface area contributed by atoms with Crippen molar-refractivity contribution in [2.75, 3.05) is 7.11 Å². The van der Waals surface area contributed by atoms with Crippen LogP contribution in [0.4, 0.5) is 0 Å². The van der Waals surface area contributed by atoms with Crippen LogP contribution in [0.2, 0.25) is 0 Å². The number of nitrogens with zero attached hydrogens (tertiary/aromatic N) is 2. The van der Waals surface area contributed by atoms with E-state index in [1.54, 1.807) is 19.6 Å². The number of hydrogen-bond donors (Lipinski definition) is 1. The summed E-state index contributed by atoms with van der Waals surface area (Å²) in [7, 11) is 3.53. The van der Waals surface area contributed by atoms with E-state index in [-0.39, 0.29) is 11.9 Å². The Labute approximate surface area is 146 Å². The van der Waals surface area contributed by atoms with E-state index >= 15 is 0 Å². The molecular weight excluding hydrogens is 318 g/mol. The molecule has 1 atom stereocenters. The minimum absolute atomic E-state index is 0.0628. The van der Waals surface area contributed by atoms with Crippen LogP contribution in [-0.4, -0.2) is 22.6 Å². The van der Waals surface area contributed by atoms with Gasteiger partial charge in [0.05, 0.1) is 13.4 Å². The summed E-state index contributed by atoms with van der Waals surface area (Å²) in [5.41, 5.74) is 0.917. The molecule has 1 aromatic carbocycles. The lowest BCUT2D eigenvalue weighted by molar-refractivity contribution is -0.121. The number of methoxy groups -OCH3 is 1. The van der Waals surface area contributed by atoms with Crippen LogP contribution in [0, 0.1) is 0 Å². The number of aromatic nitrogens is 2. The lowest BCUT2D eigenvalue weighted by atomic mass is 10.1. The average molecular weight is 339 g/mol. The second kappa shape index (κ2) is 7.70. The van der Waals surface area contributed by atoms with Gasteiger partial charge in [0.2, 0.25) is 5.91 Å². The van der Waals surface area contributed by atoms with Gasteiger partial charge in [0, 0.05) is 32.3 Å². The highest BCUT2D eigenvalue weighted by Crippen LogP contribution is 2.24. The summed E-state index contributed by atoms with van der Waals surface area (Å²) < 4.78 is 12.5. The first-order valence-electron chi connectivity index (χ1n) is 8.10. The third-order valence-electron chi connectivity index (χ3n) is 4.03. The van der Waals surface area contributed by atoms with Gasteiger partial charge in [-0.2, -0.15) is 0 Å². The number of nitrogens with one attached hydrogen (secondary N) is 1. The number of ether oxygens (including phenoxy) is 1. The first-order valence-corrected chi connectivity index (χ1v) is 8.10. The number of amides is 1. The normalized spacial score (nSPS) is 11.9. The van der Waals surface area contributed by atoms with E-state index in [1.165, 1.54) is 0 Å². The zero-order valence-electron chi connectivity index (χ0n) is 14.3. The standard InChI is InChI=1S/C19H21N3O3/c1-22-11-10-20-19(22)18(14-5-3-6-16(13-14)24-2)21-17(23)9-8-15-7-4-12-25-15/h3-7,10-13,18H,8-9H2,1-2H3,(H,21,23). The van der Waals surface area contributed by atoms with Crippen LogP contribution in [-0.2, 0) is 18.3 Å². The van der Waals surface area contributed by atoms with Crippen molar-refractivity contribution >= 4 is 5.91 Å². The van der Waals surface area contributed by atoms with Crippen molar-refractivity contribution in [2.45, 2.75) is 18.9 Å². The smallest absolute Gasteiger partial charge is 0.221 e. The zero-order chi connectivity index (χ0) is 17.6. The molecule has 1 unspecified atom stereocenters. The summed E-state index contributed by atoms with van der Waals surface area (Å²) in [6, 6.07) is 11.0. The number of hydrogen-bond acceptors (Lipinski definition) is 4. The first kappa shape index (κ1) is 16.8. The van der Waals surface area contributed by atoms with Crippen molar-refractivity contribution in [3.05, 3.63) is 72.2 Å². The third-order valence-corrected chi connectivity index (χ3v) is 4.03. The van der Waals surface area contributed by atoms with Crippen molar-refractivity contribution < 1.29 is 13.9 Å². The van der Waals surface area contributed by atoms with E-state index in [1.807, 2.05) is 54.2 Å². The van der Waals surface area contributed by atoms with Crippen LogP contribution in [0.15, 0.2) is 59.5 Å². The van der Waals surface area contributed by atoms with Gasteiger partial charge < -0.3 is 19.0 Å². The maximum Gasteiger partial charge on any atom is 0.221 e. The second-order valence-corrected chi connectivity index (χ2v) is 5.75. The number of carbonyl (C=O) groups is 1. The Morgan fingerprint density at radius 2 is 2.24 bits per heavy atom. The molecule has 0 aliphatic rings. The van der Waals surface area contributed by atoms with Crippen molar-refractivity contribution in [3.63, 3.8) is 0 Å². The van der Waals surface area contributed by atoms with Gasteiger partial charge in [-0.25, -0.2) is 4.98 Å². The highest BCUT2D eigenvalue weighted by atomic mass is 16.5. The van der Waals surface area contributed by atoms with Crippen molar-refractivity contribution in [2.24, 2.45) is 7.05 Å². The summed E-state index contributed by atoms with van der Waals surface area (Å²) in [6.07, 6.45) is 6.10. The second-order valence-electron chi connectivity index (χ2n) is 5.75. The zero-order valence-corrected chi connectivity index (χ0v) is 14.3. The molecule has 0 saturated carbocycles.